The third-order valence-corrected chi connectivity index (χ3v) is 3.43. The second kappa shape index (κ2) is 12.4. The molecule has 0 spiro atoms. The van der Waals surface area contributed by atoms with E-state index < -0.39 is 0 Å². The Balaban J connectivity index is 3.83. The molecule has 1 N–H and O–H groups in total. The van der Waals surface area contributed by atoms with Gasteiger partial charge in [0.15, 0.2) is 0 Å². The zero-order valence-corrected chi connectivity index (χ0v) is 12.4. The summed E-state index contributed by atoms with van der Waals surface area (Å²) in [5.41, 5.74) is 0. The number of ether oxygens (including phenoxy) is 1. The molecule has 0 aromatic heterocycles. The Bertz CT molecular complexity index is 146. The van der Waals surface area contributed by atoms with E-state index in [1.165, 1.54) is 44.9 Å². The van der Waals surface area contributed by atoms with Gasteiger partial charge in [-0.3, -0.25) is 0 Å². The first-order valence-electron chi connectivity index (χ1n) is 7.56. The molecule has 0 amide bonds. The smallest absolute Gasteiger partial charge is 0.0721 e. The Morgan fingerprint density at radius 3 is 2.18 bits per heavy atom. The molecule has 0 heterocycles. The SMILES string of the molecule is CCCCCCCC(NCCC)C(CC)OC. The van der Waals surface area contributed by atoms with Crippen molar-refractivity contribution in [3.63, 3.8) is 0 Å². The van der Waals surface area contributed by atoms with Gasteiger partial charge in [-0.15, -0.1) is 0 Å². The third kappa shape index (κ3) is 8.62. The Morgan fingerprint density at radius 1 is 0.941 bits per heavy atom. The molecule has 0 bridgehead atoms. The predicted molar refractivity (Wildman–Crippen MR) is 76.5 cm³/mol. The van der Waals surface area contributed by atoms with Gasteiger partial charge in [-0.1, -0.05) is 52.9 Å². The molecule has 0 saturated carbocycles. The molecule has 2 nitrogen and oxygen atoms in total. The van der Waals surface area contributed by atoms with Gasteiger partial charge < -0.3 is 10.1 Å². The lowest BCUT2D eigenvalue weighted by Gasteiger charge is -2.26. The van der Waals surface area contributed by atoms with E-state index in [2.05, 4.69) is 26.1 Å². The van der Waals surface area contributed by atoms with E-state index in [1.807, 2.05) is 7.11 Å². The summed E-state index contributed by atoms with van der Waals surface area (Å²) in [5, 5.41) is 3.64. The van der Waals surface area contributed by atoms with Gasteiger partial charge in [0.25, 0.3) is 0 Å². The number of unbranched alkanes of at least 4 members (excludes halogenated alkanes) is 4. The maximum Gasteiger partial charge on any atom is 0.0721 e. The number of hydrogen-bond donors (Lipinski definition) is 1. The average Bonchev–Trinajstić information content (AvgIpc) is 2.36. The first kappa shape index (κ1) is 16.9. The van der Waals surface area contributed by atoms with Crippen molar-refractivity contribution in [3.05, 3.63) is 0 Å². The summed E-state index contributed by atoms with van der Waals surface area (Å²) in [6, 6.07) is 0.548. The minimum atomic E-state index is 0.382. The van der Waals surface area contributed by atoms with Gasteiger partial charge in [-0.2, -0.15) is 0 Å². The first-order valence-corrected chi connectivity index (χ1v) is 7.56. The van der Waals surface area contributed by atoms with Crippen molar-refractivity contribution < 1.29 is 4.74 Å². The molecule has 2 heteroatoms. The third-order valence-electron chi connectivity index (χ3n) is 3.43. The molecule has 0 rings (SSSR count). The highest BCUT2D eigenvalue weighted by atomic mass is 16.5. The fraction of sp³-hybridized carbons (Fsp3) is 1.00. The molecule has 0 fully saturated rings. The van der Waals surface area contributed by atoms with Crippen molar-refractivity contribution in [2.75, 3.05) is 13.7 Å². The van der Waals surface area contributed by atoms with Crippen molar-refractivity contribution in [1.29, 1.82) is 0 Å². The monoisotopic (exact) mass is 243 g/mol. The fourth-order valence-corrected chi connectivity index (χ4v) is 2.33. The van der Waals surface area contributed by atoms with Gasteiger partial charge >= 0.3 is 0 Å². The summed E-state index contributed by atoms with van der Waals surface area (Å²) >= 11 is 0. The highest BCUT2D eigenvalue weighted by Crippen LogP contribution is 2.13. The quantitative estimate of drug-likeness (QED) is 0.520. The van der Waals surface area contributed by atoms with Gasteiger partial charge in [-0.25, -0.2) is 0 Å². The van der Waals surface area contributed by atoms with Crippen LogP contribution in [0, 0.1) is 0 Å². The van der Waals surface area contributed by atoms with Crippen LogP contribution in [0.2, 0.25) is 0 Å². The van der Waals surface area contributed by atoms with Gasteiger partial charge in [0.2, 0.25) is 0 Å². The van der Waals surface area contributed by atoms with E-state index >= 15 is 0 Å². The lowest BCUT2D eigenvalue weighted by atomic mass is 10.0. The molecule has 104 valence electrons. The van der Waals surface area contributed by atoms with Crippen LogP contribution < -0.4 is 5.32 Å². The Labute approximate surface area is 109 Å². The maximum absolute atomic E-state index is 5.57. The van der Waals surface area contributed by atoms with E-state index in [9.17, 15) is 0 Å². The van der Waals surface area contributed by atoms with Crippen LogP contribution in [0.25, 0.3) is 0 Å². The van der Waals surface area contributed by atoms with E-state index in [0.717, 1.165) is 13.0 Å². The van der Waals surface area contributed by atoms with Crippen molar-refractivity contribution in [2.45, 2.75) is 84.3 Å². The number of nitrogens with one attached hydrogen (secondary N) is 1. The fourth-order valence-electron chi connectivity index (χ4n) is 2.33. The molecule has 0 aromatic rings. The van der Waals surface area contributed by atoms with Crippen molar-refractivity contribution in [1.82, 2.24) is 5.32 Å². The Morgan fingerprint density at radius 2 is 1.65 bits per heavy atom. The summed E-state index contributed by atoms with van der Waals surface area (Å²) in [4.78, 5) is 0. The summed E-state index contributed by atoms with van der Waals surface area (Å²) in [6.45, 7) is 7.81. The molecule has 2 unspecified atom stereocenters. The summed E-state index contributed by atoms with van der Waals surface area (Å²) in [5.74, 6) is 0. The molecular weight excluding hydrogens is 210 g/mol. The largest absolute Gasteiger partial charge is 0.380 e. The highest BCUT2D eigenvalue weighted by molar-refractivity contribution is 4.76. The molecule has 0 radical (unpaired) electrons. The summed E-state index contributed by atoms with van der Waals surface area (Å²) in [7, 11) is 1.84. The standard InChI is InChI=1S/C15H33NO/c1-5-8-9-10-11-12-14(16-13-6-2)15(7-3)17-4/h14-16H,5-13H2,1-4H3. The van der Waals surface area contributed by atoms with Crippen LogP contribution in [-0.2, 0) is 4.74 Å². The molecule has 0 aliphatic rings. The maximum atomic E-state index is 5.57. The van der Waals surface area contributed by atoms with Crippen LogP contribution in [-0.4, -0.2) is 25.8 Å². The van der Waals surface area contributed by atoms with Crippen LogP contribution in [0.5, 0.6) is 0 Å². The second-order valence-electron chi connectivity index (χ2n) is 4.95. The van der Waals surface area contributed by atoms with Crippen LogP contribution >= 0.6 is 0 Å². The van der Waals surface area contributed by atoms with E-state index in [1.54, 1.807) is 0 Å². The second-order valence-corrected chi connectivity index (χ2v) is 4.95. The molecule has 17 heavy (non-hydrogen) atoms. The molecule has 0 saturated heterocycles. The molecule has 2 atom stereocenters. The predicted octanol–water partition coefficient (Wildman–Crippen LogP) is 4.14. The summed E-state index contributed by atoms with van der Waals surface area (Å²) in [6.07, 6.45) is 10.8. The minimum Gasteiger partial charge on any atom is -0.380 e. The number of rotatable bonds is 12. The lowest BCUT2D eigenvalue weighted by Crippen LogP contribution is -2.41. The molecule has 0 aromatic carbocycles. The Kier molecular flexibility index (Phi) is 12.3. The lowest BCUT2D eigenvalue weighted by molar-refractivity contribution is 0.0616. The van der Waals surface area contributed by atoms with Gasteiger partial charge in [0.1, 0.15) is 0 Å². The van der Waals surface area contributed by atoms with Crippen LogP contribution in [0.1, 0.15) is 72.1 Å². The van der Waals surface area contributed by atoms with Crippen molar-refractivity contribution in [2.24, 2.45) is 0 Å². The molecular formula is C15H33NO. The van der Waals surface area contributed by atoms with Crippen LogP contribution in [0.4, 0.5) is 0 Å². The molecule has 0 aliphatic carbocycles. The van der Waals surface area contributed by atoms with Crippen molar-refractivity contribution in [3.8, 4) is 0 Å². The normalized spacial score (nSPS) is 14.8. The van der Waals surface area contributed by atoms with Gasteiger partial charge in [-0.05, 0) is 25.8 Å². The Hall–Kier alpha value is -0.0800. The first-order chi connectivity index (χ1) is 8.29. The van der Waals surface area contributed by atoms with E-state index in [0.29, 0.717) is 12.1 Å². The molecule has 0 aliphatic heterocycles. The van der Waals surface area contributed by atoms with E-state index in [4.69, 9.17) is 4.74 Å². The number of methoxy groups -OCH3 is 1. The zero-order valence-electron chi connectivity index (χ0n) is 12.4. The number of hydrogen-bond acceptors (Lipinski definition) is 2. The topological polar surface area (TPSA) is 21.3 Å². The minimum absolute atomic E-state index is 0.382. The van der Waals surface area contributed by atoms with Crippen molar-refractivity contribution >= 4 is 0 Å². The average molecular weight is 243 g/mol. The van der Waals surface area contributed by atoms with Crippen LogP contribution in [0.3, 0.4) is 0 Å². The zero-order chi connectivity index (χ0) is 12.9. The van der Waals surface area contributed by atoms with Gasteiger partial charge in [0.05, 0.1) is 6.10 Å². The van der Waals surface area contributed by atoms with Gasteiger partial charge in [0, 0.05) is 13.2 Å². The summed E-state index contributed by atoms with van der Waals surface area (Å²) < 4.78 is 5.57. The van der Waals surface area contributed by atoms with E-state index in [-0.39, 0.29) is 0 Å². The van der Waals surface area contributed by atoms with Crippen LogP contribution in [0.15, 0.2) is 0 Å². The highest BCUT2D eigenvalue weighted by Gasteiger charge is 2.17.